The van der Waals surface area contributed by atoms with Gasteiger partial charge in [0.1, 0.15) is 0 Å². The average Bonchev–Trinajstić information content (AvgIpc) is 2.12. The van der Waals surface area contributed by atoms with Crippen molar-refractivity contribution >= 4 is 8.32 Å². The molecule has 0 rings (SSSR count). The molecule has 0 bridgehead atoms. The van der Waals surface area contributed by atoms with E-state index in [0.717, 1.165) is 0 Å². The van der Waals surface area contributed by atoms with Crippen LogP contribution < -0.4 is 0 Å². The van der Waals surface area contributed by atoms with Gasteiger partial charge in [0.15, 0.2) is 8.32 Å². The van der Waals surface area contributed by atoms with Crippen LogP contribution in [-0.2, 0) is 4.43 Å². The van der Waals surface area contributed by atoms with Gasteiger partial charge in [0.25, 0.3) is 0 Å². The first kappa shape index (κ1) is 20.1. The molecule has 0 spiro atoms. The van der Waals surface area contributed by atoms with E-state index >= 15 is 0 Å². The molecule has 3 nitrogen and oxygen atoms in total. The Balaban J connectivity index is 5.05. The smallest absolute Gasteiger partial charge is 0.191 e. The Bertz CT molecular complexity index is 298. The standard InChI is InChI=1S/C16H36O3Si/c1-14(2,3)20(8,9)19-12-13(16(6,7)18)15(4,5)10-11-17/h13,17-18H,10-12H2,1-9H3. The molecule has 0 aliphatic carbocycles. The zero-order valence-corrected chi connectivity index (χ0v) is 16.0. The number of hydrogen-bond donors (Lipinski definition) is 2. The first-order valence-corrected chi connectivity index (χ1v) is 10.5. The minimum atomic E-state index is -1.82. The normalized spacial score (nSPS) is 16.4. The molecule has 0 aromatic rings. The highest BCUT2D eigenvalue weighted by Gasteiger charge is 2.43. The maximum atomic E-state index is 10.5. The Morgan fingerprint density at radius 3 is 1.75 bits per heavy atom. The van der Waals surface area contributed by atoms with Crippen molar-refractivity contribution in [2.45, 2.75) is 78.6 Å². The summed E-state index contributed by atoms with van der Waals surface area (Å²) in [5, 5.41) is 19.9. The molecule has 1 unspecified atom stereocenters. The van der Waals surface area contributed by atoms with E-state index in [4.69, 9.17) is 4.43 Å². The maximum absolute atomic E-state index is 10.5. The van der Waals surface area contributed by atoms with Gasteiger partial charge in [-0.1, -0.05) is 34.6 Å². The maximum Gasteiger partial charge on any atom is 0.191 e. The van der Waals surface area contributed by atoms with Crippen LogP contribution in [-0.4, -0.2) is 37.3 Å². The molecule has 0 radical (unpaired) electrons. The molecule has 0 saturated heterocycles. The molecule has 0 aromatic carbocycles. The van der Waals surface area contributed by atoms with Crippen molar-refractivity contribution in [3.8, 4) is 0 Å². The SMILES string of the molecule is CC(C)(O)C(CO[Si](C)(C)C(C)(C)C)C(C)(C)CCO. The van der Waals surface area contributed by atoms with Crippen LogP contribution in [0.2, 0.25) is 18.1 Å². The van der Waals surface area contributed by atoms with Crippen LogP contribution in [0.15, 0.2) is 0 Å². The summed E-state index contributed by atoms with van der Waals surface area (Å²) in [6, 6.07) is 0. The summed E-state index contributed by atoms with van der Waals surface area (Å²) in [7, 11) is -1.82. The van der Waals surface area contributed by atoms with Crippen molar-refractivity contribution in [2.75, 3.05) is 13.2 Å². The molecular formula is C16H36O3Si. The van der Waals surface area contributed by atoms with Gasteiger partial charge in [-0.05, 0) is 43.8 Å². The molecule has 0 aliphatic heterocycles. The zero-order chi connectivity index (χ0) is 16.4. The molecule has 4 heteroatoms. The van der Waals surface area contributed by atoms with Gasteiger partial charge in [0.05, 0.1) is 5.60 Å². The van der Waals surface area contributed by atoms with Crippen LogP contribution in [0.3, 0.4) is 0 Å². The lowest BCUT2D eigenvalue weighted by atomic mass is 9.69. The average molecular weight is 305 g/mol. The van der Waals surface area contributed by atoms with Crippen LogP contribution >= 0.6 is 0 Å². The summed E-state index contributed by atoms with van der Waals surface area (Å²) in [4.78, 5) is 0. The molecule has 122 valence electrons. The van der Waals surface area contributed by atoms with Crippen LogP contribution in [0.4, 0.5) is 0 Å². The van der Waals surface area contributed by atoms with Gasteiger partial charge in [-0.25, -0.2) is 0 Å². The van der Waals surface area contributed by atoms with Gasteiger partial charge in [-0.15, -0.1) is 0 Å². The third kappa shape index (κ3) is 5.47. The summed E-state index contributed by atoms with van der Waals surface area (Å²) in [6.45, 7) is 19.7. The van der Waals surface area contributed by atoms with Crippen LogP contribution in [0.25, 0.3) is 0 Å². The van der Waals surface area contributed by atoms with Crippen LogP contribution in [0.5, 0.6) is 0 Å². The lowest BCUT2D eigenvalue weighted by molar-refractivity contribution is -0.0667. The minimum Gasteiger partial charge on any atom is -0.416 e. The van der Waals surface area contributed by atoms with Gasteiger partial charge < -0.3 is 14.6 Å². The molecule has 0 fully saturated rings. The molecule has 0 saturated carbocycles. The number of aliphatic hydroxyl groups excluding tert-OH is 1. The first-order chi connectivity index (χ1) is 8.65. The van der Waals surface area contributed by atoms with Crippen molar-refractivity contribution in [1.29, 1.82) is 0 Å². The van der Waals surface area contributed by atoms with Gasteiger partial charge in [-0.2, -0.15) is 0 Å². The Hall–Kier alpha value is 0.0969. The first-order valence-electron chi connectivity index (χ1n) is 7.62. The summed E-state index contributed by atoms with van der Waals surface area (Å²) in [5.41, 5.74) is -0.976. The molecule has 0 heterocycles. The third-order valence-electron chi connectivity index (χ3n) is 4.97. The molecule has 1 atom stereocenters. The van der Waals surface area contributed by atoms with E-state index in [1.807, 2.05) is 13.8 Å². The molecule has 20 heavy (non-hydrogen) atoms. The van der Waals surface area contributed by atoms with Gasteiger partial charge >= 0.3 is 0 Å². The largest absolute Gasteiger partial charge is 0.416 e. The van der Waals surface area contributed by atoms with Gasteiger partial charge in [-0.3, -0.25) is 0 Å². The lowest BCUT2D eigenvalue weighted by Gasteiger charge is -2.44. The monoisotopic (exact) mass is 304 g/mol. The zero-order valence-electron chi connectivity index (χ0n) is 15.0. The van der Waals surface area contributed by atoms with Gasteiger partial charge in [0.2, 0.25) is 0 Å². The second kappa shape index (κ2) is 6.47. The highest BCUT2D eigenvalue weighted by molar-refractivity contribution is 6.74. The number of hydrogen-bond acceptors (Lipinski definition) is 3. The summed E-state index contributed by atoms with van der Waals surface area (Å²) in [5.74, 6) is -0.00345. The van der Waals surface area contributed by atoms with Gasteiger partial charge in [0, 0.05) is 19.1 Å². The molecule has 0 aliphatic rings. The molecule has 0 aromatic heterocycles. The third-order valence-corrected chi connectivity index (χ3v) is 9.47. The predicted molar refractivity (Wildman–Crippen MR) is 88.4 cm³/mol. The van der Waals surface area contributed by atoms with Crippen molar-refractivity contribution in [3.05, 3.63) is 0 Å². The van der Waals surface area contributed by atoms with Crippen molar-refractivity contribution in [2.24, 2.45) is 11.3 Å². The predicted octanol–water partition coefficient (Wildman–Crippen LogP) is 3.80. The number of aliphatic hydroxyl groups is 2. The second-order valence-corrected chi connectivity index (χ2v) is 13.5. The highest BCUT2D eigenvalue weighted by Crippen LogP contribution is 2.41. The van der Waals surface area contributed by atoms with E-state index in [-0.39, 0.29) is 23.0 Å². The molecule has 0 amide bonds. The van der Waals surface area contributed by atoms with Crippen molar-refractivity contribution in [1.82, 2.24) is 0 Å². The fraction of sp³-hybridized carbons (Fsp3) is 1.00. The number of rotatable bonds is 7. The Kier molecular flexibility index (Phi) is 6.50. The molecule has 2 N–H and O–H groups in total. The summed E-state index contributed by atoms with van der Waals surface area (Å²) < 4.78 is 6.31. The minimum absolute atomic E-state index is 0.00345. The van der Waals surface area contributed by atoms with E-state index in [2.05, 4.69) is 47.7 Å². The fourth-order valence-electron chi connectivity index (χ4n) is 2.36. The van der Waals surface area contributed by atoms with E-state index in [9.17, 15) is 10.2 Å². The van der Waals surface area contributed by atoms with E-state index in [1.54, 1.807) is 0 Å². The quantitative estimate of drug-likeness (QED) is 0.703. The van der Waals surface area contributed by atoms with Crippen molar-refractivity contribution < 1.29 is 14.6 Å². The second-order valence-electron chi connectivity index (χ2n) is 8.74. The van der Waals surface area contributed by atoms with Crippen molar-refractivity contribution in [3.63, 3.8) is 0 Å². The van der Waals surface area contributed by atoms with Crippen LogP contribution in [0, 0.1) is 11.3 Å². The summed E-state index contributed by atoms with van der Waals surface area (Å²) in [6.07, 6.45) is 0.669. The van der Waals surface area contributed by atoms with Crippen LogP contribution in [0.1, 0.15) is 54.9 Å². The fourth-order valence-corrected chi connectivity index (χ4v) is 3.37. The summed E-state index contributed by atoms with van der Waals surface area (Å²) >= 11 is 0. The topological polar surface area (TPSA) is 49.7 Å². The highest BCUT2D eigenvalue weighted by atomic mass is 28.4. The van der Waals surface area contributed by atoms with E-state index < -0.39 is 13.9 Å². The lowest BCUT2D eigenvalue weighted by Crippen LogP contribution is -2.49. The van der Waals surface area contributed by atoms with E-state index in [0.29, 0.717) is 13.0 Å². The Morgan fingerprint density at radius 1 is 1.00 bits per heavy atom. The van der Waals surface area contributed by atoms with E-state index in [1.165, 1.54) is 0 Å². The Labute approximate surface area is 126 Å². The molecular weight excluding hydrogens is 268 g/mol. The Morgan fingerprint density at radius 2 is 1.45 bits per heavy atom.